The van der Waals surface area contributed by atoms with Gasteiger partial charge in [0.1, 0.15) is 17.3 Å². The van der Waals surface area contributed by atoms with Gasteiger partial charge in [0.25, 0.3) is 0 Å². The van der Waals surface area contributed by atoms with E-state index in [9.17, 15) is 14.0 Å². The van der Waals surface area contributed by atoms with Crippen LogP contribution in [0.2, 0.25) is 5.02 Å². The Balaban J connectivity index is 2.27. The van der Waals surface area contributed by atoms with Crippen LogP contribution < -0.4 is 10.1 Å². The van der Waals surface area contributed by atoms with Crippen LogP contribution in [0.5, 0.6) is 11.5 Å². The van der Waals surface area contributed by atoms with E-state index in [1.165, 1.54) is 20.1 Å². The van der Waals surface area contributed by atoms with Crippen molar-refractivity contribution in [3.05, 3.63) is 52.8 Å². The summed E-state index contributed by atoms with van der Waals surface area (Å²) < 4.78 is 24.3. The van der Waals surface area contributed by atoms with Gasteiger partial charge in [0, 0.05) is 19.4 Å². The van der Waals surface area contributed by atoms with Crippen molar-refractivity contribution in [3.8, 4) is 11.5 Å². The van der Waals surface area contributed by atoms with E-state index in [4.69, 9.17) is 16.3 Å². The molecule has 0 aromatic heterocycles. The van der Waals surface area contributed by atoms with Crippen molar-refractivity contribution in [1.29, 1.82) is 0 Å². The van der Waals surface area contributed by atoms with Crippen molar-refractivity contribution >= 4 is 29.2 Å². The number of hydrogen-bond acceptors (Lipinski definition) is 4. The highest BCUT2D eigenvalue weighted by molar-refractivity contribution is 6.32. The molecule has 0 saturated heterocycles. The normalized spacial score (nSPS) is 10.2. The van der Waals surface area contributed by atoms with Crippen LogP contribution in [0.25, 0.3) is 0 Å². The molecule has 0 spiro atoms. The Hall–Kier alpha value is -2.60. The number of rotatable bonds is 6. The highest BCUT2D eigenvalue weighted by Crippen LogP contribution is 2.35. The number of carbonyl (C=O) groups excluding carboxylic acids is 2. The first-order chi connectivity index (χ1) is 11.9. The lowest BCUT2D eigenvalue weighted by molar-refractivity contribution is -0.140. The Kier molecular flexibility index (Phi) is 6.36. The van der Waals surface area contributed by atoms with E-state index in [1.54, 1.807) is 12.1 Å². The summed E-state index contributed by atoms with van der Waals surface area (Å²) in [6.07, 6.45) is 0.616. The number of methoxy groups -OCH3 is 1. The fourth-order valence-electron chi connectivity index (χ4n) is 2.16. The smallest absolute Gasteiger partial charge is 0.305 e. The molecule has 0 bridgehead atoms. The molecule has 132 valence electrons. The monoisotopic (exact) mass is 365 g/mol. The van der Waals surface area contributed by atoms with Crippen LogP contribution in [-0.4, -0.2) is 19.0 Å². The number of hydrogen-bond donors (Lipinski definition) is 1. The molecule has 1 amide bonds. The second-order valence-corrected chi connectivity index (χ2v) is 5.64. The van der Waals surface area contributed by atoms with Gasteiger partial charge < -0.3 is 14.8 Å². The van der Waals surface area contributed by atoms with Gasteiger partial charge in [0.15, 0.2) is 0 Å². The average Bonchev–Trinajstić information content (AvgIpc) is 2.57. The minimum Gasteiger partial charge on any atom is -0.469 e. The molecule has 0 aliphatic heterocycles. The molecule has 7 heteroatoms. The lowest BCUT2D eigenvalue weighted by Crippen LogP contribution is -2.08. The lowest BCUT2D eigenvalue weighted by Gasteiger charge is -2.14. The van der Waals surface area contributed by atoms with Crippen LogP contribution in [0.15, 0.2) is 36.4 Å². The number of amides is 1. The molecule has 2 aromatic carbocycles. The predicted molar refractivity (Wildman–Crippen MR) is 92.6 cm³/mol. The van der Waals surface area contributed by atoms with Crippen molar-refractivity contribution in [3.63, 3.8) is 0 Å². The largest absolute Gasteiger partial charge is 0.469 e. The first-order valence-electron chi connectivity index (χ1n) is 7.50. The Morgan fingerprint density at radius 3 is 2.60 bits per heavy atom. The van der Waals surface area contributed by atoms with Gasteiger partial charge in [-0.3, -0.25) is 9.59 Å². The highest BCUT2D eigenvalue weighted by Gasteiger charge is 2.14. The molecule has 0 aliphatic rings. The van der Waals surface area contributed by atoms with E-state index < -0.39 is 11.7 Å². The third-order valence-electron chi connectivity index (χ3n) is 3.35. The summed E-state index contributed by atoms with van der Waals surface area (Å²) in [5, 5.41) is 2.44. The zero-order valence-corrected chi connectivity index (χ0v) is 14.5. The number of nitrogens with one attached hydrogen (secondary N) is 1. The quantitative estimate of drug-likeness (QED) is 0.773. The van der Waals surface area contributed by atoms with Crippen LogP contribution in [0, 0.1) is 5.82 Å². The van der Waals surface area contributed by atoms with E-state index in [1.807, 2.05) is 12.1 Å². The SMILES string of the molecule is COC(=O)CCc1ccccc1Oc1cc(NC(C)=O)c(F)cc1Cl. The van der Waals surface area contributed by atoms with Gasteiger partial charge in [-0.25, -0.2) is 4.39 Å². The van der Waals surface area contributed by atoms with Crippen molar-refractivity contribution in [2.24, 2.45) is 0 Å². The van der Waals surface area contributed by atoms with Gasteiger partial charge in [-0.15, -0.1) is 0 Å². The van der Waals surface area contributed by atoms with Crippen molar-refractivity contribution < 1.29 is 23.5 Å². The van der Waals surface area contributed by atoms with Crippen LogP contribution >= 0.6 is 11.6 Å². The number of carbonyl (C=O) groups is 2. The van der Waals surface area contributed by atoms with Crippen molar-refractivity contribution in [2.45, 2.75) is 19.8 Å². The maximum absolute atomic E-state index is 13.9. The van der Waals surface area contributed by atoms with Crippen LogP contribution in [0.3, 0.4) is 0 Å². The summed E-state index contributed by atoms with van der Waals surface area (Å²) in [5.41, 5.74) is 0.744. The standard InChI is InChI=1S/C18H17ClFNO4/c1-11(22)21-15-10-17(13(19)9-14(15)20)25-16-6-4-3-5-12(16)7-8-18(23)24-2/h3-6,9-10H,7-8H2,1-2H3,(H,21,22). The number of aryl methyl sites for hydroxylation is 1. The van der Waals surface area contributed by atoms with Gasteiger partial charge in [-0.1, -0.05) is 29.8 Å². The van der Waals surface area contributed by atoms with E-state index in [0.29, 0.717) is 12.2 Å². The third kappa shape index (κ3) is 5.19. The first-order valence-corrected chi connectivity index (χ1v) is 7.87. The van der Waals surface area contributed by atoms with Gasteiger partial charge in [0.2, 0.25) is 5.91 Å². The second-order valence-electron chi connectivity index (χ2n) is 5.23. The second kappa shape index (κ2) is 8.48. The summed E-state index contributed by atoms with van der Waals surface area (Å²) in [6.45, 7) is 1.27. The maximum Gasteiger partial charge on any atom is 0.305 e. The molecular weight excluding hydrogens is 349 g/mol. The van der Waals surface area contributed by atoms with Gasteiger partial charge in [0.05, 0.1) is 17.8 Å². The van der Waals surface area contributed by atoms with E-state index in [2.05, 4.69) is 10.1 Å². The fourth-order valence-corrected chi connectivity index (χ4v) is 2.35. The summed E-state index contributed by atoms with van der Waals surface area (Å²) >= 11 is 6.04. The molecule has 25 heavy (non-hydrogen) atoms. The van der Waals surface area contributed by atoms with Crippen molar-refractivity contribution in [2.75, 3.05) is 12.4 Å². The molecule has 0 unspecified atom stereocenters. The van der Waals surface area contributed by atoms with Crippen LogP contribution in [0.4, 0.5) is 10.1 Å². The molecule has 0 atom stereocenters. The molecule has 0 heterocycles. The zero-order chi connectivity index (χ0) is 18.4. The minimum atomic E-state index is -0.661. The average molecular weight is 366 g/mol. The molecule has 2 aromatic rings. The molecule has 0 saturated carbocycles. The highest BCUT2D eigenvalue weighted by atomic mass is 35.5. The summed E-state index contributed by atoms with van der Waals surface area (Å²) in [5.74, 6) is -0.731. The Bertz CT molecular complexity index is 795. The Labute approximate surface area is 149 Å². The Morgan fingerprint density at radius 1 is 1.20 bits per heavy atom. The molecule has 0 fully saturated rings. The zero-order valence-electron chi connectivity index (χ0n) is 13.8. The number of benzene rings is 2. The molecule has 5 nitrogen and oxygen atoms in total. The van der Waals surface area contributed by atoms with E-state index in [0.717, 1.165) is 11.6 Å². The number of anilines is 1. The number of para-hydroxylation sites is 1. The van der Waals surface area contributed by atoms with Gasteiger partial charge in [-0.05, 0) is 24.1 Å². The molecule has 0 aliphatic carbocycles. The minimum absolute atomic E-state index is 0.0288. The fraction of sp³-hybridized carbons (Fsp3) is 0.222. The van der Waals surface area contributed by atoms with Gasteiger partial charge in [-0.2, -0.15) is 0 Å². The predicted octanol–water partition coefficient (Wildman–Crippen LogP) is 4.34. The van der Waals surface area contributed by atoms with E-state index in [-0.39, 0.29) is 28.8 Å². The van der Waals surface area contributed by atoms with E-state index >= 15 is 0 Å². The molecular formula is C18H17ClFNO4. The summed E-state index contributed by atoms with van der Waals surface area (Å²) in [4.78, 5) is 22.5. The Morgan fingerprint density at radius 2 is 1.92 bits per heavy atom. The first kappa shape index (κ1) is 18.7. The van der Waals surface area contributed by atoms with Crippen molar-refractivity contribution in [1.82, 2.24) is 0 Å². The summed E-state index contributed by atoms with van der Waals surface area (Å²) in [7, 11) is 1.33. The maximum atomic E-state index is 13.9. The lowest BCUT2D eigenvalue weighted by atomic mass is 10.1. The number of esters is 1. The van der Waals surface area contributed by atoms with Crippen LogP contribution in [0.1, 0.15) is 18.9 Å². The van der Waals surface area contributed by atoms with Gasteiger partial charge >= 0.3 is 5.97 Å². The topological polar surface area (TPSA) is 64.6 Å². The number of ether oxygens (including phenoxy) is 2. The molecule has 0 radical (unpaired) electrons. The molecule has 1 N–H and O–H groups in total. The van der Waals surface area contributed by atoms with Crippen LogP contribution in [-0.2, 0) is 20.7 Å². The molecule has 2 rings (SSSR count). The summed E-state index contributed by atoms with van der Waals surface area (Å²) in [6, 6.07) is 9.49. The number of halogens is 2. The third-order valence-corrected chi connectivity index (χ3v) is 3.65.